The van der Waals surface area contributed by atoms with Gasteiger partial charge in [0.2, 0.25) is 5.89 Å². The highest BCUT2D eigenvalue weighted by atomic mass is 19.3. The third-order valence-corrected chi connectivity index (χ3v) is 7.21. The lowest BCUT2D eigenvalue weighted by atomic mass is 10.0. The normalized spacial score (nSPS) is 14.1. The van der Waals surface area contributed by atoms with Gasteiger partial charge in [0.1, 0.15) is 17.0 Å². The molecule has 5 rings (SSSR count). The van der Waals surface area contributed by atoms with E-state index in [2.05, 4.69) is 16.0 Å². The quantitative estimate of drug-likeness (QED) is 0.272. The van der Waals surface area contributed by atoms with E-state index in [9.17, 15) is 13.6 Å². The average Bonchev–Trinajstić information content (AvgIpc) is 3.56. The summed E-state index contributed by atoms with van der Waals surface area (Å²) < 4.78 is 41.0. The zero-order valence-corrected chi connectivity index (χ0v) is 22.6. The molecule has 9 heteroatoms. The number of amides is 1. The molecule has 0 aliphatic carbocycles. The minimum atomic E-state index is -3.07. The van der Waals surface area contributed by atoms with Gasteiger partial charge in [-0.2, -0.15) is 8.78 Å². The number of aryl methyl sites for hydroxylation is 1. The third kappa shape index (κ3) is 4.87. The van der Waals surface area contributed by atoms with Crippen LogP contribution in [0.3, 0.4) is 0 Å². The van der Waals surface area contributed by atoms with Gasteiger partial charge in [-0.1, -0.05) is 44.0 Å². The lowest BCUT2D eigenvalue weighted by molar-refractivity contribution is -0.0181. The molecule has 4 aromatic rings. The molecule has 204 valence electrons. The SMILES string of the molecule is CCCC(F)(F)c1ccc2c(-c3nc(C(=O)N4Cc5ccc(C)cc5C4)c([C@@H](N)CC)o3)ccc(OC)c2n1. The first kappa shape index (κ1) is 26.7. The maximum atomic E-state index is 14.7. The largest absolute Gasteiger partial charge is 0.494 e. The summed E-state index contributed by atoms with van der Waals surface area (Å²) in [7, 11) is 1.46. The van der Waals surface area contributed by atoms with Crippen molar-refractivity contribution in [1.29, 1.82) is 0 Å². The van der Waals surface area contributed by atoms with E-state index in [1.54, 1.807) is 30.0 Å². The number of methoxy groups -OCH3 is 1. The summed E-state index contributed by atoms with van der Waals surface area (Å²) in [5.41, 5.74) is 10.3. The Labute approximate surface area is 226 Å². The lowest BCUT2D eigenvalue weighted by Crippen LogP contribution is -2.27. The Morgan fingerprint density at radius 2 is 1.90 bits per heavy atom. The second-order valence-electron chi connectivity index (χ2n) is 10.0. The molecule has 2 aromatic carbocycles. The molecule has 2 N–H and O–H groups in total. The van der Waals surface area contributed by atoms with Crippen LogP contribution in [0.25, 0.3) is 22.4 Å². The number of benzene rings is 2. The topological polar surface area (TPSA) is 94.5 Å². The van der Waals surface area contributed by atoms with E-state index in [1.165, 1.54) is 13.2 Å². The van der Waals surface area contributed by atoms with Crippen molar-refractivity contribution < 1.29 is 22.7 Å². The Morgan fingerprint density at radius 1 is 1.13 bits per heavy atom. The first-order chi connectivity index (χ1) is 18.7. The van der Waals surface area contributed by atoms with E-state index in [4.69, 9.17) is 14.9 Å². The number of alkyl halides is 2. The number of oxazole rings is 1. The summed E-state index contributed by atoms with van der Waals surface area (Å²) in [4.78, 5) is 24.3. The molecule has 0 fully saturated rings. The van der Waals surface area contributed by atoms with Crippen molar-refractivity contribution >= 4 is 16.8 Å². The zero-order valence-electron chi connectivity index (χ0n) is 22.6. The van der Waals surface area contributed by atoms with E-state index in [0.29, 0.717) is 48.4 Å². The standard InChI is InChI=1S/C30H32F2N4O3/c1-5-13-30(31,32)24-12-10-20-21(9-11-23(38-4)25(20)34-24)28-35-26(27(39-28)22(33)6-2)29(37)36-15-18-8-7-17(3)14-19(18)16-36/h7-12,14,22H,5-6,13,15-16,33H2,1-4H3/t22-/m0/s1. The molecule has 2 aromatic heterocycles. The zero-order chi connectivity index (χ0) is 27.9. The average molecular weight is 535 g/mol. The molecular formula is C30H32F2N4O3. The number of hydrogen-bond donors (Lipinski definition) is 1. The van der Waals surface area contributed by atoms with Crippen LogP contribution < -0.4 is 10.5 Å². The first-order valence-electron chi connectivity index (χ1n) is 13.2. The van der Waals surface area contributed by atoms with Gasteiger partial charge in [-0.05, 0) is 48.7 Å². The molecule has 1 aliphatic heterocycles. The molecule has 1 amide bonds. The van der Waals surface area contributed by atoms with Gasteiger partial charge in [0.25, 0.3) is 11.8 Å². The summed E-state index contributed by atoms with van der Waals surface area (Å²) >= 11 is 0. The van der Waals surface area contributed by atoms with Crippen molar-refractivity contribution in [3.8, 4) is 17.2 Å². The lowest BCUT2D eigenvalue weighted by Gasteiger charge is -2.16. The summed E-state index contributed by atoms with van der Waals surface area (Å²) in [5.74, 6) is -2.52. The Kier molecular flexibility index (Phi) is 7.11. The highest BCUT2D eigenvalue weighted by Gasteiger charge is 2.34. The van der Waals surface area contributed by atoms with Gasteiger partial charge in [-0.15, -0.1) is 0 Å². The second kappa shape index (κ2) is 10.4. The van der Waals surface area contributed by atoms with Crippen LogP contribution in [-0.2, 0) is 19.0 Å². The molecule has 0 radical (unpaired) electrons. The van der Waals surface area contributed by atoms with Crippen molar-refractivity contribution in [3.63, 3.8) is 0 Å². The fraction of sp³-hybridized carbons (Fsp3) is 0.367. The fourth-order valence-electron chi connectivity index (χ4n) is 5.04. The molecule has 1 aliphatic rings. The second-order valence-corrected chi connectivity index (χ2v) is 10.0. The number of pyridine rings is 1. The van der Waals surface area contributed by atoms with Crippen LogP contribution in [0.2, 0.25) is 0 Å². The van der Waals surface area contributed by atoms with Crippen molar-refractivity contribution in [1.82, 2.24) is 14.9 Å². The van der Waals surface area contributed by atoms with Crippen LogP contribution in [0.15, 0.2) is 46.9 Å². The molecule has 3 heterocycles. The molecule has 0 saturated heterocycles. The van der Waals surface area contributed by atoms with Crippen molar-refractivity contribution in [3.05, 3.63) is 76.3 Å². The highest BCUT2D eigenvalue weighted by molar-refractivity contribution is 5.98. The van der Waals surface area contributed by atoms with Gasteiger partial charge in [-0.3, -0.25) is 4.79 Å². The van der Waals surface area contributed by atoms with Crippen LogP contribution in [0.4, 0.5) is 8.78 Å². The summed E-state index contributed by atoms with van der Waals surface area (Å²) in [6.07, 6.45) is 0.547. The Bertz CT molecular complexity index is 1550. The monoisotopic (exact) mass is 534 g/mol. The number of halogens is 2. The fourth-order valence-corrected chi connectivity index (χ4v) is 5.04. The van der Waals surface area contributed by atoms with Crippen LogP contribution in [-0.4, -0.2) is 27.9 Å². The molecule has 7 nitrogen and oxygen atoms in total. The van der Waals surface area contributed by atoms with Crippen LogP contribution >= 0.6 is 0 Å². The Hall–Kier alpha value is -3.85. The van der Waals surface area contributed by atoms with Gasteiger partial charge >= 0.3 is 0 Å². The highest BCUT2D eigenvalue weighted by Crippen LogP contribution is 2.39. The van der Waals surface area contributed by atoms with Crippen LogP contribution in [0.5, 0.6) is 5.75 Å². The number of fused-ring (bicyclic) bond motifs is 2. The van der Waals surface area contributed by atoms with E-state index < -0.39 is 12.0 Å². The number of aromatic nitrogens is 2. The molecule has 0 saturated carbocycles. The summed E-state index contributed by atoms with van der Waals surface area (Å²) in [6.45, 7) is 6.58. The number of rotatable bonds is 8. The maximum absolute atomic E-state index is 14.7. The number of nitrogens with two attached hydrogens (primary N) is 1. The van der Waals surface area contributed by atoms with E-state index >= 15 is 0 Å². The van der Waals surface area contributed by atoms with Crippen molar-refractivity contribution in [2.24, 2.45) is 5.73 Å². The van der Waals surface area contributed by atoms with E-state index in [0.717, 1.165) is 16.7 Å². The Balaban J connectivity index is 1.58. The van der Waals surface area contributed by atoms with Gasteiger partial charge in [-0.25, -0.2) is 9.97 Å². The maximum Gasteiger partial charge on any atom is 0.289 e. The smallest absolute Gasteiger partial charge is 0.289 e. The molecule has 39 heavy (non-hydrogen) atoms. The van der Waals surface area contributed by atoms with Crippen LogP contribution in [0, 0.1) is 6.92 Å². The third-order valence-electron chi connectivity index (χ3n) is 7.21. The number of nitrogens with zero attached hydrogens (tertiary/aromatic N) is 3. The first-order valence-corrected chi connectivity index (χ1v) is 13.2. The predicted octanol–water partition coefficient (Wildman–Crippen LogP) is 6.66. The molecule has 0 unspecified atom stereocenters. The molecule has 0 spiro atoms. The summed E-state index contributed by atoms with van der Waals surface area (Å²) in [6, 6.07) is 11.9. The van der Waals surface area contributed by atoms with Gasteiger partial charge in [0.05, 0.1) is 13.2 Å². The number of ether oxygens (including phenoxy) is 1. The minimum absolute atomic E-state index is 0.159. The predicted molar refractivity (Wildman–Crippen MR) is 145 cm³/mol. The molecular weight excluding hydrogens is 502 g/mol. The van der Waals surface area contributed by atoms with Crippen molar-refractivity contribution in [2.45, 2.75) is 65.1 Å². The molecule has 0 bridgehead atoms. The number of hydrogen-bond acceptors (Lipinski definition) is 6. The Morgan fingerprint density at radius 3 is 2.62 bits per heavy atom. The van der Waals surface area contributed by atoms with Gasteiger partial charge in [0.15, 0.2) is 11.5 Å². The van der Waals surface area contributed by atoms with E-state index in [1.807, 2.05) is 26.0 Å². The van der Waals surface area contributed by atoms with Crippen molar-refractivity contribution in [2.75, 3.05) is 7.11 Å². The van der Waals surface area contributed by atoms with E-state index in [-0.39, 0.29) is 35.1 Å². The minimum Gasteiger partial charge on any atom is -0.494 e. The van der Waals surface area contributed by atoms with Crippen LogP contribution in [0.1, 0.15) is 77.8 Å². The number of carbonyl (C=O) groups is 1. The van der Waals surface area contributed by atoms with Gasteiger partial charge < -0.3 is 19.8 Å². The summed E-state index contributed by atoms with van der Waals surface area (Å²) in [5, 5.41) is 0.520. The van der Waals surface area contributed by atoms with Gasteiger partial charge in [0, 0.05) is 30.5 Å². The number of carbonyl (C=O) groups excluding carboxylic acids is 1. The molecule has 1 atom stereocenters.